The Morgan fingerprint density at radius 1 is 1.13 bits per heavy atom. The predicted molar refractivity (Wildman–Crippen MR) is 153 cm³/mol. The molecule has 198 valence electrons. The topological polar surface area (TPSA) is 109 Å². The van der Waals surface area contributed by atoms with E-state index in [1.54, 1.807) is 17.6 Å². The SMILES string of the molecule is Cc1nc(C(=O)C2CCN(C(=O)c3cn4nc(-c5ccc(I)cc5)cc(C(C)(C)C)c4n3)C(C)(C)C2)n[nH]1. The lowest BCUT2D eigenvalue weighted by Gasteiger charge is -2.44. The van der Waals surface area contributed by atoms with E-state index >= 15 is 0 Å². The van der Waals surface area contributed by atoms with Crippen LogP contribution in [0.15, 0.2) is 36.5 Å². The number of Topliss-reactive ketones (excluding diaryl/α,β-unsaturated/α-hetero) is 1. The van der Waals surface area contributed by atoms with Crippen LogP contribution in [0.25, 0.3) is 16.9 Å². The van der Waals surface area contributed by atoms with Crippen molar-refractivity contribution in [2.24, 2.45) is 5.92 Å². The van der Waals surface area contributed by atoms with Gasteiger partial charge in [-0.05, 0) is 79.8 Å². The van der Waals surface area contributed by atoms with Crippen LogP contribution in [-0.4, -0.2) is 58.5 Å². The number of piperidine rings is 1. The maximum absolute atomic E-state index is 13.8. The molecular weight excluding hydrogens is 593 g/mol. The second-order valence-electron chi connectivity index (χ2n) is 11.7. The Kier molecular flexibility index (Phi) is 6.65. The van der Waals surface area contributed by atoms with E-state index in [-0.39, 0.29) is 28.8 Å². The summed E-state index contributed by atoms with van der Waals surface area (Å²) in [5.41, 5.74) is 3.15. The highest BCUT2D eigenvalue weighted by molar-refractivity contribution is 14.1. The maximum Gasteiger partial charge on any atom is 0.274 e. The van der Waals surface area contributed by atoms with Gasteiger partial charge in [-0.2, -0.15) is 10.2 Å². The molecule has 1 aliphatic heterocycles. The molecule has 0 bridgehead atoms. The average molecular weight is 626 g/mol. The van der Waals surface area contributed by atoms with Gasteiger partial charge in [0.1, 0.15) is 11.5 Å². The van der Waals surface area contributed by atoms with Gasteiger partial charge in [-0.1, -0.05) is 32.9 Å². The summed E-state index contributed by atoms with van der Waals surface area (Å²) in [6.45, 7) is 12.6. The van der Waals surface area contributed by atoms with Gasteiger partial charge in [-0.3, -0.25) is 14.7 Å². The third kappa shape index (κ3) is 4.97. The van der Waals surface area contributed by atoms with Gasteiger partial charge in [-0.15, -0.1) is 0 Å². The number of nitrogens with one attached hydrogen (secondary N) is 1. The zero-order chi connectivity index (χ0) is 27.4. The molecule has 9 nitrogen and oxygen atoms in total. The fourth-order valence-corrected chi connectivity index (χ4v) is 5.53. The van der Waals surface area contributed by atoms with Crippen molar-refractivity contribution < 1.29 is 9.59 Å². The number of halogens is 1. The van der Waals surface area contributed by atoms with Crippen molar-refractivity contribution in [2.75, 3.05) is 6.54 Å². The van der Waals surface area contributed by atoms with E-state index in [0.717, 1.165) is 20.4 Å². The quantitative estimate of drug-likeness (QED) is 0.246. The number of imidazole rings is 1. The Morgan fingerprint density at radius 3 is 2.45 bits per heavy atom. The molecule has 1 N–H and O–H groups in total. The summed E-state index contributed by atoms with van der Waals surface area (Å²) in [5.74, 6) is 0.352. The van der Waals surface area contributed by atoms with Crippen molar-refractivity contribution in [1.82, 2.24) is 34.7 Å². The van der Waals surface area contributed by atoms with E-state index in [2.05, 4.69) is 88.9 Å². The highest BCUT2D eigenvalue weighted by atomic mass is 127. The Labute approximate surface area is 235 Å². The van der Waals surface area contributed by atoms with E-state index < -0.39 is 5.54 Å². The number of aromatic amines is 1. The molecule has 4 aromatic rings. The number of fused-ring (bicyclic) bond motifs is 1. The number of H-pyrrole nitrogens is 1. The molecule has 1 fully saturated rings. The Hall–Kier alpha value is -3.15. The minimum absolute atomic E-state index is 0.0793. The predicted octanol–water partition coefficient (Wildman–Crippen LogP) is 5.24. The van der Waals surface area contributed by atoms with Crippen LogP contribution in [0.5, 0.6) is 0 Å². The van der Waals surface area contributed by atoms with Crippen LogP contribution in [0.4, 0.5) is 0 Å². The van der Waals surface area contributed by atoms with Crippen molar-refractivity contribution in [3.05, 3.63) is 63.0 Å². The molecule has 10 heteroatoms. The zero-order valence-electron chi connectivity index (χ0n) is 22.5. The number of hydrogen-bond donors (Lipinski definition) is 1. The number of benzene rings is 1. The standard InChI is InChI=1S/C28H32IN7O2/c1-16-30-24(33-32-16)23(37)18-11-12-35(28(5,6)14-18)26(38)22-15-36-25(31-22)20(27(2,3)4)13-21(34-36)17-7-9-19(29)10-8-17/h7-10,13,15,18H,11-12,14H2,1-6H3,(H,30,32,33). The fourth-order valence-electron chi connectivity index (χ4n) is 5.17. The van der Waals surface area contributed by atoms with Crippen molar-refractivity contribution in [3.8, 4) is 11.3 Å². The molecule has 3 aromatic heterocycles. The normalized spacial score (nSPS) is 17.7. The number of likely N-dealkylation sites (tertiary alicyclic amines) is 1. The number of hydrogen-bond acceptors (Lipinski definition) is 6. The van der Waals surface area contributed by atoms with Gasteiger partial charge < -0.3 is 4.90 Å². The summed E-state index contributed by atoms with van der Waals surface area (Å²) in [6.07, 6.45) is 2.81. The first kappa shape index (κ1) is 26.5. The molecule has 0 spiro atoms. The largest absolute Gasteiger partial charge is 0.332 e. The third-order valence-electron chi connectivity index (χ3n) is 7.20. The number of carbonyl (C=O) groups is 2. The number of amides is 1. The number of aromatic nitrogens is 6. The second kappa shape index (κ2) is 9.55. The second-order valence-corrected chi connectivity index (χ2v) is 12.9. The summed E-state index contributed by atoms with van der Waals surface area (Å²) in [6, 6.07) is 10.3. The molecule has 0 saturated carbocycles. The fraction of sp³-hybridized carbons (Fsp3) is 0.429. The zero-order valence-corrected chi connectivity index (χ0v) is 24.7. The minimum Gasteiger partial charge on any atom is -0.332 e. The molecule has 1 saturated heterocycles. The summed E-state index contributed by atoms with van der Waals surface area (Å²) < 4.78 is 2.89. The number of ketones is 1. The lowest BCUT2D eigenvalue weighted by molar-refractivity contribution is 0.0299. The smallest absolute Gasteiger partial charge is 0.274 e. The van der Waals surface area contributed by atoms with Crippen LogP contribution in [0, 0.1) is 16.4 Å². The van der Waals surface area contributed by atoms with Gasteiger partial charge in [-0.25, -0.2) is 14.5 Å². The van der Waals surface area contributed by atoms with Crippen molar-refractivity contribution >= 4 is 39.9 Å². The van der Waals surface area contributed by atoms with Crippen molar-refractivity contribution in [3.63, 3.8) is 0 Å². The van der Waals surface area contributed by atoms with Crippen LogP contribution in [-0.2, 0) is 5.41 Å². The number of carbonyl (C=O) groups excluding carboxylic acids is 2. The van der Waals surface area contributed by atoms with E-state index in [1.807, 2.05) is 18.7 Å². The first-order valence-electron chi connectivity index (χ1n) is 12.8. The van der Waals surface area contributed by atoms with Gasteiger partial charge in [0.25, 0.3) is 5.91 Å². The van der Waals surface area contributed by atoms with Gasteiger partial charge in [0.2, 0.25) is 11.6 Å². The van der Waals surface area contributed by atoms with E-state index in [1.165, 1.54) is 0 Å². The Balaban J connectivity index is 1.46. The van der Waals surface area contributed by atoms with Crippen LogP contribution >= 0.6 is 22.6 Å². The van der Waals surface area contributed by atoms with Crippen LogP contribution in [0.2, 0.25) is 0 Å². The molecule has 5 rings (SSSR count). The highest BCUT2D eigenvalue weighted by Gasteiger charge is 2.42. The molecule has 1 unspecified atom stereocenters. The first-order valence-corrected chi connectivity index (χ1v) is 13.8. The molecule has 0 radical (unpaired) electrons. The van der Waals surface area contributed by atoms with Gasteiger partial charge in [0.05, 0.1) is 11.9 Å². The molecule has 1 atom stereocenters. The van der Waals surface area contributed by atoms with Gasteiger partial charge in [0.15, 0.2) is 5.65 Å². The van der Waals surface area contributed by atoms with E-state index in [0.29, 0.717) is 36.6 Å². The van der Waals surface area contributed by atoms with Crippen LogP contribution in [0.3, 0.4) is 0 Å². The summed E-state index contributed by atoms with van der Waals surface area (Å²) >= 11 is 2.29. The first-order chi connectivity index (χ1) is 17.8. The molecule has 1 aromatic carbocycles. The summed E-state index contributed by atoms with van der Waals surface area (Å²) in [4.78, 5) is 37.6. The maximum atomic E-state index is 13.8. The monoisotopic (exact) mass is 625 g/mol. The van der Waals surface area contributed by atoms with E-state index in [4.69, 9.17) is 10.1 Å². The number of rotatable bonds is 4. The van der Waals surface area contributed by atoms with Crippen LogP contribution < -0.4 is 0 Å². The molecule has 0 aliphatic carbocycles. The molecule has 1 amide bonds. The highest BCUT2D eigenvalue weighted by Crippen LogP contribution is 2.35. The third-order valence-corrected chi connectivity index (χ3v) is 7.92. The van der Waals surface area contributed by atoms with Crippen LogP contribution in [0.1, 0.15) is 80.0 Å². The summed E-state index contributed by atoms with van der Waals surface area (Å²) in [7, 11) is 0. The molecule has 1 aliphatic rings. The summed E-state index contributed by atoms with van der Waals surface area (Å²) in [5, 5.41) is 11.6. The molecule has 4 heterocycles. The lowest BCUT2D eigenvalue weighted by atomic mass is 9.80. The Bertz CT molecular complexity index is 1530. The van der Waals surface area contributed by atoms with E-state index in [9.17, 15) is 9.59 Å². The number of aryl methyl sites for hydroxylation is 1. The van der Waals surface area contributed by atoms with Crippen molar-refractivity contribution in [2.45, 2.75) is 65.3 Å². The molecule has 38 heavy (non-hydrogen) atoms. The molecular formula is C28H32IN7O2. The minimum atomic E-state index is -0.538. The van der Waals surface area contributed by atoms with Crippen molar-refractivity contribution in [1.29, 1.82) is 0 Å². The number of nitrogens with zero attached hydrogens (tertiary/aromatic N) is 6. The Morgan fingerprint density at radius 2 is 1.84 bits per heavy atom. The van der Waals surface area contributed by atoms with Gasteiger partial charge in [0, 0.05) is 32.7 Å². The average Bonchev–Trinajstić information content (AvgIpc) is 3.48. The van der Waals surface area contributed by atoms with Gasteiger partial charge >= 0.3 is 0 Å². The lowest BCUT2D eigenvalue weighted by Crippen LogP contribution is -2.54.